The number of ether oxygens (including phenoxy) is 4. The summed E-state index contributed by atoms with van der Waals surface area (Å²) in [6, 6.07) is 25.8. The number of carbonyl (C=O) groups is 2. The fraction of sp³-hybridized carbons (Fsp3) is 0.536. The highest BCUT2D eigenvalue weighted by atomic mass is 32.1. The number of hydrogen-bond acceptors (Lipinski definition) is 10. The summed E-state index contributed by atoms with van der Waals surface area (Å²) in [4.78, 5) is 42.4. The molecule has 8 nitrogen and oxygen atoms in total. The highest BCUT2D eigenvalue weighted by Gasteiger charge is 2.52. The van der Waals surface area contributed by atoms with E-state index in [-0.39, 0.29) is 22.6 Å². The average molecular weight is 1170 g/mol. The zero-order valence-corrected chi connectivity index (χ0v) is 53.8. The topological polar surface area (TPSA) is 77.5 Å². The number of amides is 2. The molecule has 12 heteroatoms. The number of aryl methyl sites for hydroxylation is 2. The van der Waals surface area contributed by atoms with Crippen LogP contribution in [0.4, 0.5) is 0 Å². The third-order valence-corrected chi connectivity index (χ3v) is 22.1. The lowest BCUT2D eigenvalue weighted by atomic mass is 9.77. The molecule has 0 saturated heterocycles. The van der Waals surface area contributed by atoms with Crippen LogP contribution in [0.2, 0.25) is 0 Å². The van der Waals surface area contributed by atoms with Gasteiger partial charge in [0, 0.05) is 44.2 Å². The molecule has 0 aliphatic carbocycles. The largest absolute Gasteiger partial charge is 0.497 e. The lowest BCUT2D eigenvalue weighted by Crippen LogP contribution is -2.37. The molecule has 438 valence electrons. The van der Waals surface area contributed by atoms with E-state index in [2.05, 4.69) is 109 Å². The van der Waals surface area contributed by atoms with Gasteiger partial charge >= 0.3 is 0 Å². The first-order valence-corrected chi connectivity index (χ1v) is 34.1. The van der Waals surface area contributed by atoms with Gasteiger partial charge in [-0.25, -0.2) is 0 Å². The summed E-state index contributed by atoms with van der Waals surface area (Å²) in [6.07, 6.45) is 21.6. The first-order chi connectivity index (χ1) is 39.4. The van der Waals surface area contributed by atoms with Crippen LogP contribution in [0.15, 0.2) is 89.6 Å². The van der Waals surface area contributed by atoms with Crippen LogP contribution in [0.3, 0.4) is 0 Å². The van der Waals surface area contributed by atoms with Crippen molar-refractivity contribution in [3.8, 4) is 42.5 Å². The molecule has 2 amide bonds. The Hall–Kier alpha value is -4.88. The molecule has 0 radical (unpaired) electrons. The smallest absolute Gasteiger partial charge is 0.261 e. The van der Waals surface area contributed by atoms with Crippen molar-refractivity contribution in [2.24, 2.45) is 5.41 Å². The minimum Gasteiger partial charge on any atom is -0.497 e. The second kappa shape index (κ2) is 29.6. The minimum atomic E-state index is -0.338. The molecule has 1 unspecified atom stereocenters. The Morgan fingerprint density at radius 2 is 0.951 bits per heavy atom. The Labute approximate surface area is 502 Å². The van der Waals surface area contributed by atoms with Gasteiger partial charge in [-0.15, -0.1) is 45.3 Å². The highest BCUT2D eigenvalue weighted by molar-refractivity contribution is 7.34. The Bertz CT molecular complexity index is 3060. The van der Waals surface area contributed by atoms with Crippen molar-refractivity contribution >= 4 is 72.3 Å². The summed E-state index contributed by atoms with van der Waals surface area (Å²) in [6.45, 7) is 20.6. The molecule has 0 spiro atoms. The van der Waals surface area contributed by atoms with Crippen LogP contribution >= 0.6 is 45.3 Å². The standard InChI is InChI=1S/C69H92N2O6S4/c1-11-17-24-43-68(7,16-6)65-57-56(66(72)71(65)45-26-21-19-23-28-49-31-35-51(75-10)36-32-49)58(70(67(57)73)44-25-20-18-22-27-48-29-33-50(74-9)34-30-48)52-37-38-53(78-52)61-59(76-46-14-4)63-64(80-61)60(77-47-15-5)62(81-63)54-39-40-55(79-54)69(8,41-12-2)42-13-3/h29-40H,11-28,41-47H2,1-10H3. The number of thiophene rings is 4. The van der Waals surface area contributed by atoms with Crippen molar-refractivity contribution in [3.63, 3.8) is 0 Å². The van der Waals surface area contributed by atoms with Gasteiger partial charge in [-0.2, -0.15) is 0 Å². The van der Waals surface area contributed by atoms with Gasteiger partial charge in [-0.3, -0.25) is 9.59 Å². The molecule has 2 aromatic carbocycles. The maximum Gasteiger partial charge on any atom is 0.261 e. The predicted molar refractivity (Wildman–Crippen MR) is 345 cm³/mol. The Morgan fingerprint density at radius 3 is 1.46 bits per heavy atom. The fourth-order valence-corrected chi connectivity index (χ4v) is 17.3. The molecule has 0 fully saturated rings. The third-order valence-electron chi connectivity index (χ3n) is 16.8. The van der Waals surface area contributed by atoms with Crippen LogP contribution in [0.25, 0.3) is 34.6 Å². The number of fused-ring (bicyclic) bond motifs is 2. The molecule has 8 rings (SSSR count). The maximum absolute atomic E-state index is 15.6. The van der Waals surface area contributed by atoms with Gasteiger partial charge in [0.15, 0.2) is 11.5 Å². The zero-order chi connectivity index (χ0) is 57.5. The first kappa shape index (κ1) is 62.2. The van der Waals surface area contributed by atoms with Gasteiger partial charge in [0.05, 0.1) is 68.3 Å². The number of carbonyl (C=O) groups excluding carboxylic acids is 2. The number of nitrogens with zero attached hydrogens (tertiary/aromatic N) is 2. The van der Waals surface area contributed by atoms with Crippen LogP contribution in [-0.2, 0) is 27.8 Å². The van der Waals surface area contributed by atoms with Gasteiger partial charge in [0.25, 0.3) is 11.8 Å². The lowest BCUT2D eigenvalue weighted by molar-refractivity contribution is -0.125. The normalized spacial score (nSPS) is 14.5. The molecule has 81 heavy (non-hydrogen) atoms. The number of rotatable bonds is 36. The summed E-state index contributed by atoms with van der Waals surface area (Å²) in [5.41, 5.74) is 5.45. The molecule has 0 saturated carbocycles. The molecule has 6 heterocycles. The van der Waals surface area contributed by atoms with Gasteiger partial charge < -0.3 is 28.7 Å². The Morgan fingerprint density at radius 1 is 0.457 bits per heavy atom. The molecule has 2 aliphatic heterocycles. The van der Waals surface area contributed by atoms with Crippen molar-refractivity contribution in [2.45, 2.75) is 196 Å². The van der Waals surface area contributed by atoms with Gasteiger partial charge in [-0.1, -0.05) is 137 Å². The lowest BCUT2D eigenvalue weighted by Gasteiger charge is -2.36. The molecule has 0 N–H and O–H groups in total. The van der Waals surface area contributed by atoms with E-state index >= 15 is 9.59 Å². The molecule has 1 atom stereocenters. The molecule has 2 aliphatic rings. The highest BCUT2D eigenvalue weighted by Crippen LogP contribution is 2.59. The number of benzene rings is 2. The van der Waals surface area contributed by atoms with Crippen molar-refractivity contribution < 1.29 is 28.5 Å². The number of methoxy groups -OCH3 is 2. The van der Waals surface area contributed by atoms with Gasteiger partial charge in [0.1, 0.15) is 11.5 Å². The molecule has 4 aromatic heterocycles. The summed E-state index contributed by atoms with van der Waals surface area (Å²) in [5.74, 6) is 3.60. The van der Waals surface area contributed by atoms with Crippen LogP contribution in [0.1, 0.15) is 198 Å². The zero-order valence-electron chi connectivity index (χ0n) is 50.6. The van der Waals surface area contributed by atoms with Gasteiger partial charge in [-0.05, 0) is 137 Å². The van der Waals surface area contributed by atoms with Crippen LogP contribution in [0.5, 0.6) is 23.0 Å². The Kier molecular flexibility index (Phi) is 22.7. The molecular weight excluding hydrogens is 1080 g/mol. The maximum atomic E-state index is 15.6. The molecule has 6 aromatic rings. The van der Waals surface area contributed by atoms with Crippen molar-refractivity contribution in [2.75, 3.05) is 40.5 Å². The fourth-order valence-electron chi connectivity index (χ4n) is 12.2. The van der Waals surface area contributed by atoms with E-state index in [9.17, 15) is 0 Å². The predicted octanol–water partition coefficient (Wildman–Crippen LogP) is 20.1. The molecular formula is C69H92N2O6S4. The van der Waals surface area contributed by atoms with E-state index in [1.54, 1.807) is 48.2 Å². The van der Waals surface area contributed by atoms with E-state index in [1.165, 1.54) is 38.6 Å². The molecule has 0 bridgehead atoms. The Balaban J connectivity index is 1.15. The summed E-state index contributed by atoms with van der Waals surface area (Å²) in [5, 5.41) is 0. The van der Waals surface area contributed by atoms with E-state index in [0.29, 0.717) is 37.4 Å². The second-order valence-electron chi connectivity index (χ2n) is 23.0. The third kappa shape index (κ3) is 14.2. The van der Waals surface area contributed by atoms with Crippen LogP contribution < -0.4 is 18.9 Å². The number of hydrogen-bond donors (Lipinski definition) is 0. The first-order valence-electron chi connectivity index (χ1n) is 30.9. The van der Waals surface area contributed by atoms with Crippen molar-refractivity contribution in [1.29, 1.82) is 0 Å². The summed E-state index contributed by atoms with van der Waals surface area (Å²) < 4.78 is 26.7. The second-order valence-corrected chi connectivity index (χ2v) is 27.2. The van der Waals surface area contributed by atoms with E-state index in [1.807, 2.05) is 40.5 Å². The van der Waals surface area contributed by atoms with Crippen molar-refractivity contribution in [1.82, 2.24) is 9.80 Å². The quantitative estimate of drug-likeness (QED) is 0.0365. The van der Waals surface area contributed by atoms with E-state index < -0.39 is 0 Å². The monoisotopic (exact) mass is 1170 g/mol. The SMILES string of the molecule is CCCCCC(C)(CC)C1=C2C(=O)N(CCCCCCc3ccc(OC)cc3)C(c3ccc(-c4sc5c(OCCC)c(-c6ccc(C(C)(CCC)CCC)s6)sc5c4OCCC)s3)=C2C(=O)N1CCCCCCc1ccc(OC)cc1. The van der Waals surface area contributed by atoms with Crippen molar-refractivity contribution in [3.05, 3.63) is 111 Å². The van der Waals surface area contributed by atoms with E-state index in [0.717, 1.165) is 180 Å². The number of unbranched alkanes of at least 4 members (excludes halogenated alkanes) is 8. The van der Waals surface area contributed by atoms with Crippen LogP contribution in [-0.4, -0.2) is 62.1 Å². The summed E-state index contributed by atoms with van der Waals surface area (Å²) >= 11 is 7.18. The van der Waals surface area contributed by atoms with E-state index in [4.69, 9.17) is 18.9 Å². The summed E-state index contributed by atoms with van der Waals surface area (Å²) in [7, 11) is 3.41. The number of allylic oxidation sites excluding steroid dienone is 1. The van der Waals surface area contributed by atoms with Crippen LogP contribution in [0, 0.1) is 5.41 Å². The minimum absolute atomic E-state index is 0.0102. The average Bonchev–Trinajstić information content (AvgIpc) is 3.49. The van der Waals surface area contributed by atoms with Gasteiger partial charge in [0.2, 0.25) is 0 Å².